The van der Waals surface area contributed by atoms with Gasteiger partial charge >= 0.3 is 5.97 Å². The highest BCUT2D eigenvalue weighted by molar-refractivity contribution is 5.86. The van der Waals surface area contributed by atoms with Gasteiger partial charge in [-0.2, -0.15) is 0 Å². The summed E-state index contributed by atoms with van der Waals surface area (Å²) in [6.07, 6.45) is 1.64. The molecule has 4 nitrogen and oxygen atoms in total. The molecule has 0 saturated carbocycles. The monoisotopic (exact) mass is 285 g/mol. The molecule has 0 aliphatic heterocycles. The highest BCUT2D eigenvalue weighted by Crippen LogP contribution is 2.18. The fraction of sp³-hybridized carbons (Fsp3) is 0.294. The lowest BCUT2D eigenvalue weighted by Crippen LogP contribution is -2.22. The summed E-state index contributed by atoms with van der Waals surface area (Å²) < 4.78 is 0. The zero-order chi connectivity index (χ0) is 15.1. The van der Waals surface area contributed by atoms with Crippen LogP contribution < -0.4 is 5.32 Å². The van der Waals surface area contributed by atoms with Crippen LogP contribution in [0.15, 0.2) is 42.5 Å². The molecule has 0 atom stereocenters. The van der Waals surface area contributed by atoms with Crippen molar-refractivity contribution in [2.45, 2.75) is 32.2 Å². The molecular weight excluding hydrogens is 266 g/mol. The van der Waals surface area contributed by atoms with Gasteiger partial charge in [0.15, 0.2) is 0 Å². The molecule has 0 bridgehead atoms. The van der Waals surface area contributed by atoms with Crippen molar-refractivity contribution >= 4 is 22.6 Å². The van der Waals surface area contributed by atoms with Crippen LogP contribution in [0, 0.1) is 0 Å². The predicted octanol–water partition coefficient (Wildman–Crippen LogP) is 3.10. The lowest BCUT2D eigenvalue weighted by atomic mass is 10.0. The summed E-state index contributed by atoms with van der Waals surface area (Å²) in [5.41, 5.74) is 1.09. The van der Waals surface area contributed by atoms with Crippen LogP contribution in [0.25, 0.3) is 10.8 Å². The maximum Gasteiger partial charge on any atom is 0.303 e. The zero-order valence-electron chi connectivity index (χ0n) is 11.8. The molecular formula is C17H19NO3. The number of hydrogen-bond acceptors (Lipinski definition) is 2. The number of nitrogens with one attached hydrogen (secondary N) is 1. The van der Waals surface area contributed by atoms with Crippen molar-refractivity contribution in [2.75, 3.05) is 0 Å². The number of benzene rings is 2. The predicted molar refractivity (Wildman–Crippen MR) is 81.9 cm³/mol. The van der Waals surface area contributed by atoms with E-state index in [1.54, 1.807) is 0 Å². The highest BCUT2D eigenvalue weighted by Gasteiger charge is 2.05. The number of fused-ring (bicyclic) bond motifs is 1. The van der Waals surface area contributed by atoms with Crippen molar-refractivity contribution in [3.05, 3.63) is 48.0 Å². The molecule has 2 aromatic rings. The van der Waals surface area contributed by atoms with E-state index in [4.69, 9.17) is 5.11 Å². The topological polar surface area (TPSA) is 66.4 Å². The minimum atomic E-state index is -0.814. The van der Waals surface area contributed by atoms with Crippen LogP contribution in [0.3, 0.4) is 0 Å². The molecule has 0 saturated heterocycles. The molecule has 21 heavy (non-hydrogen) atoms. The van der Waals surface area contributed by atoms with Gasteiger partial charge in [0.2, 0.25) is 5.91 Å². The van der Waals surface area contributed by atoms with Crippen LogP contribution in [0.5, 0.6) is 0 Å². The molecule has 0 aliphatic rings. The van der Waals surface area contributed by atoms with Crippen molar-refractivity contribution in [2.24, 2.45) is 0 Å². The molecule has 0 fully saturated rings. The smallest absolute Gasteiger partial charge is 0.303 e. The van der Waals surface area contributed by atoms with Gasteiger partial charge < -0.3 is 10.4 Å². The Morgan fingerprint density at radius 1 is 0.952 bits per heavy atom. The van der Waals surface area contributed by atoms with E-state index in [9.17, 15) is 9.59 Å². The third-order valence-corrected chi connectivity index (χ3v) is 3.40. The molecule has 2 rings (SSSR count). The summed E-state index contributed by atoms with van der Waals surface area (Å²) in [6.45, 7) is 0.499. The second kappa shape index (κ2) is 7.43. The van der Waals surface area contributed by atoms with E-state index < -0.39 is 5.97 Å². The summed E-state index contributed by atoms with van der Waals surface area (Å²) in [4.78, 5) is 22.1. The molecule has 0 radical (unpaired) electrons. The largest absolute Gasteiger partial charge is 0.481 e. The van der Waals surface area contributed by atoms with Crippen molar-refractivity contribution in [1.29, 1.82) is 0 Å². The van der Waals surface area contributed by atoms with Gasteiger partial charge in [-0.05, 0) is 29.2 Å². The summed E-state index contributed by atoms with van der Waals surface area (Å²) in [5, 5.41) is 13.7. The first-order chi connectivity index (χ1) is 10.2. The third-order valence-electron chi connectivity index (χ3n) is 3.40. The Bertz CT molecular complexity index is 631. The van der Waals surface area contributed by atoms with E-state index in [-0.39, 0.29) is 12.3 Å². The van der Waals surface area contributed by atoms with Crippen LogP contribution in [-0.4, -0.2) is 17.0 Å². The molecule has 2 aromatic carbocycles. The quantitative estimate of drug-likeness (QED) is 0.768. The normalized spacial score (nSPS) is 10.5. The number of carboxylic acid groups (broad SMARTS) is 1. The van der Waals surface area contributed by atoms with E-state index in [0.29, 0.717) is 25.8 Å². The van der Waals surface area contributed by atoms with E-state index in [0.717, 1.165) is 16.3 Å². The first kappa shape index (κ1) is 15.0. The summed E-state index contributed by atoms with van der Waals surface area (Å²) in [6, 6.07) is 14.1. The first-order valence-electron chi connectivity index (χ1n) is 7.12. The number of carboxylic acids is 1. The van der Waals surface area contributed by atoms with Crippen LogP contribution in [0.2, 0.25) is 0 Å². The van der Waals surface area contributed by atoms with Gasteiger partial charge in [-0.15, -0.1) is 0 Å². The maximum absolute atomic E-state index is 11.7. The molecule has 110 valence electrons. The van der Waals surface area contributed by atoms with Crippen molar-refractivity contribution in [3.8, 4) is 0 Å². The van der Waals surface area contributed by atoms with Gasteiger partial charge in [-0.25, -0.2) is 0 Å². The number of hydrogen-bond donors (Lipinski definition) is 2. The van der Waals surface area contributed by atoms with E-state index in [2.05, 4.69) is 5.32 Å². The van der Waals surface area contributed by atoms with Gasteiger partial charge in [-0.1, -0.05) is 42.5 Å². The number of amides is 1. The Labute approximate surface area is 123 Å². The Balaban J connectivity index is 1.84. The van der Waals surface area contributed by atoms with Gasteiger partial charge in [0.25, 0.3) is 0 Å². The molecule has 0 spiro atoms. The van der Waals surface area contributed by atoms with Crippen LogP contribution in [-0.2, 0) is 16.1 Å². The maximum atomic E-state index is 11.7. The van der Waals surface area contributed by atoms with Crippen molar-refractivity contribution in [3.63, 3.8) is 0 Å². The second-order valence-electron chi connectivity index (χ2n) is 5.02. The Hall–Kier alpha value is -2.36. The van der Waals surface area contributed by atoms with Gasteiger partial charge in [0.05, 0.1) is 0 Å². The van der Waals surface area contributed by atoms with Crippen LogP contribution >= 0.6 is 0 Å². The highest BCUT2D eigenvalue weighted by atomic mass is 16.4. The third kappa shape index (κ3) is 4.60. The molecule has 0 heterocycles. The fourth-order valence-corrected chi connectivity index (χ4v) is 2.29. The van der Waals surface area contributed by atoms with E-state index in [1.165, 1.54) is 0 Å². The average molecular weight is 285 g/mol. The Kier molecular flexibility index (Phi) is 5.32. The molecule has 1 amide bonds. The summed E-state index contributed by atoms with van der Waals surface area (Å²) in [5.74, 6) is -0.848. The average Bonchev–Trinajstić information content (AvgIpc) is 2.49. The number of rotatable bonds is 7. The molecule has 2 N–H and O–H groups in total. The second-order valence-corrected chi connectivity index (χ2v) is 5.02. The van der Waals surface area contributed by atoms with Crippen molar-refractivity contribution in [1.82, 2.24) is 5.32 Å². The molecule has 0 unspecified atom stereocenters. The standard InChI is InChI=1S/C17H19NO3/c19-16(10-3-4-11-17(20)21)18-12-14-8-5-7-13-6-1-2-9-15(13)14/h1-2,5-9H,3-4,10-12H2,(H,18,19)(H,20,21). The molecule has 0 aromatic heterocycles. The number of carbonyl (C=O) groups excluding carboxylic acids is 1. The minimum Gasteiger partial charge on any atom is -0.481 e. The first-order valence-corrected chi connectivity index (χ1v) is 7.12. The van der Waals surface area contributed by atoms with E-state index in [1.807, 2.05) is 42.5 Å². The SMILES string of the molecule is O=C(O)CCCCC(=O)NCc1cccc2ccccc12. The molecule has 0 aliphatic carbocycles. The van der Waals surface area contributed by atoms with Gasteiger partial charge in [0.1, 0.15) is 0 Å². The Morgan fingerprint density at radius 3 is 2.48 bits per heavy atom. The van der Waals surface area contributed by atoms with Crippen LogP contribution in [0.4, 0.5) is 0 Å². The molecule has 4 heteroatoms. The fourth-order valence-electron chi connectivity index (χ4n) is 2.29. The lowest BCUT2D eigenvalue weighted by Gasteiger charge is -2.08. The lowest BCUT2D eigenvalue weighted by molar-refractivity contribution is -0.137. The Morgan fingerprint density at radius 2 is 1.67 bits per heavy atom. The summed E-state index contributed by atoms with van der Waals surface area (Å²) >= 11 is 0. The van der Waals surface area contributed by atoms with Crippen LogP contribution in [0.1, 0.15) is 31.2 Å². The summed E-state index contributed by atoms with van der Waals surface area (Å²) in [7, 11) is 0. The van der Waals surface area contributed by atoms with Gasteiger partial charge in [-0.3, -0.25) is 9.59 Å². The number of carbonyl (C=O) groups is 2. The number of unbranched alkanes of at least 4 members (excludes halogenated alkanes) is 1. The van der Waals surface area contributed by atoms with E-state index >= 15 is 0 Å². The van der Waals surface area contributed by atoms with Crippen molar-refractivity contribution < 1.29 is 14.7 Å². The van der Waals surface area contributed by atoms with Gasteiger partial charge in [0, 0.05) is 19.4 Å². The number of aliphatic carboxylic acids is 1. The zero-order valence-corrected chi connectivity index (χ0v) is 11.8. The minimum absolute atomic E-state index is 0.0340.